The minimum atomic E-state index is -1.01. The van der Waals surface area contributed by atoms with Gasteiger partial charge < -0.3 is 14.8 Å². The highest BCUT2D eigenvalue weighted by Crippen LogP contribution is 2.23. The van der Waals surface area contributed by atoms with Crippen molar-refractivity contribution >= 4 is 22.8 Å². The van der Waals surface area contributed by atoms with E-state index in [1.165, 1.54) is 6.07 Å². The van der Waals surface area contributed by atoms with Gasteiger partial charge in [-0.2, -0.15) is 0 Å². The summed E-state index contributed by atoms with van der Waals surface area (Å²) in [6, 6.07) is 6.54. The van der Waals surface area contributed by atoms with Crippen molar-refractivity contribution < 1.29 is 19.8 Å². The maximum atomic E-state index is 11.0. The zero-order valence-corrected chi connectivity index (χ0v) is 9.17. The molecule has 2 N–H and O–H groups in total. The lowest BCUT2D eigenvalue weighted by molar-refractivity contribution is -0.137. The third-order valence-corrected chi connectivity index (χ3v) is 2.68. The number of aromatic carboxylic acids is 1. The molecule has 1 heterocycles. The van der Waals surface area contributed by atoms with E-state index in [9.17, 15) is 9.59 Å². The molecule has 5 heteroatoms. The molecule has 1 aromatic carbocycles. The normalized spacial score (nSPS) is 10.6. The molecule has 2 rings (SSSR count). The summed E-state index contributed by atoms with van der Waals surface area (Å²) in [6.07, 6.45) is 0. The van der Waals surface area contributed by atoms with Gasteiger partial charge in [0, 0.05) is 16.6 Å². The number of hydrogen-bond acceptors (Lipinski definition) is 2. The summed E-state index contributed by atoms with van der Waals surface area (Å²) in [5.74, 6) is -1.96. The molecule has 2 aromatic rings. The molecule has 0 aliphatic heterocycles. The van der Waals surface area contributed by atoms with Gasteiger partial charge in [0.05, 0.1) is 5.56 Å². The predicted molar refractivity (Wildman–Crippen MR) is 61.3 cm³/mol. The van der Waals surface area contributed by atoms with Crippen LogP contribution in [-0.2, 0) is 11.3 Å². The van der Waals surface area contributed by atoms with Gasteiger partial charge >= 0.3 is 11.9 Å². The molecule has 0 bridgehead atoms. The second kappa shape index (κ2) is 3.93. The van der Waals surface area contributed by atoms with Crippen LogP contribution >= 0.6 is 0 Å². The van der Waals surface area contributed by atoms with Crippen LogP contribution in [0.5, 0.6) is 0 Å². The topological polar surface area (TPSA) is 79.5 Å². The van der Waals surface area contributed by atoms with Gasteiger partial charge in [0.25, 0.3) is 0 Å². The van der Waals surface area contributed by atoms with E-state index in [-0.39, 0.29) is 12.1 Å². The Bertz CT molecular complexity index is 612. The van der Waals surface area contributed by atoms with Crippen LogP contribution in [0, 0.1) is 6.92 Å². The molecule has 5 nitrogen and oxygen atoms in total. The van der Waals surface area contributed by atoms with Crippen LogP contribution in [0.2, 0.25) is 0 Å². The van der Waals surface area contributed by atoms with E-state index in [0.29, 0.717) is 10.9 Å². The molecule has 0 amide bonds. The largest absolute Gasteiger partial charge is 0.480 e. The van der Waals surface area contributed by atoms with Gasteiger partial charge in [-0.3, -0.25) is 4.79 Å². The number of rotatable bonds is 3. The van der Waals surface area contributed by atoms with Gasteiger partial charge in [-0.15, -0.1) is 0 Å². The highest BCUT2D eigenvalue weighted by molar-refractivity contribution is 6.03. The van der Waals surface area contributed by atoms with E-state index >= 15 is 0 Å². The quantitative estimate of drug-likeness (QED) is 0.846. The summed E-state index contributed by atoms with van der Waals surface area (Å²) in [5.41, 5.74) is 1.55. The van der Waals surface area contributed by atoms with Gasteiger partial charge in [-0.25, -0.2) is 4.79 Å². The number of nitrogens with zero attached hydrogens (tertiary/aromatic N) is 1. The number of carboxylic acid groups (broad SMARTS) is 2. The van der Waals surface area contributed by atoms with Gasteiger partial charge in [-0.1, -0.05) is 6.07 Å². The molecule has 0 radical (unpaired) electrons. The number of fused-ring (bicyclic) bond motifs is 1. The third kappa shape index (κ3) is 1.87. The van der Waals surface area contributed by atoms with Crippen molar-refractivity contribution in [3.05, 3.63) is 35.5 Å². The molecule has 0 saturated heterocycles. The minimum absolute atomic E-state index is 0.168. The van der Waals surface area contributed by atoms with E-state index in [2.05, 4.69) is 0 Å². The molecular weight excluding hydrogens is 222 g/mol. The molecule has 0 atom stereocenters. The van der Waals surface area contributed by atoms with Crippen LogP contribution in [0.15, 0.2) is 24.3 Å². The number of aryl methyl sites for hydroxylation is 1. The van der Waals surface area contributed by atoms with Crippen LogP contribution in [0.4, 0.5) is 0 Å². The van der Waals surface area contributed by atoms with E-state index in [0.717, 1.165) is 5.69 Å². The fraction of sp³-hybridized carbons (Fsp3) is 0.167. The molecule has 0 saturated carbocycles. The molecule has 0 spiro atoms. The van der Waals surface area contributed by atoms with E-state index in [4.69, 9.17) is 10.2 Å². The van der Waals surface area contributed by atoms with Crippen molar-refractivity contribution in [2.75, 3.05) is 0 Å². The van der Waals surface area contributed by atoms with E-state index in [1.807, 2.05) is 0 Å². The van der Waals surface area contributed by atoms with Crippen LogP contribution in [0.1, 0.15) is 16.1 Å². The Morgan fingerprint density at radius 2 is 2.00 bits per heavy atom. The number of aromatic nitrogens is 1. The average Bonchev–Trinajstić information content (AvgIpc) is 2.54. The maximum Gasteiger partial charge on any atom is 0.336 e. The van der Waals surface area contributed by atoms with Crippen molar-refractivity contribution in [3.63, 3.8) is 0 Å². The van der Waals surface area contributed by atoms with Crippen molar-refractivity contribution in [1.29, 1.82) is 0 Å². The van der Waals surface area contributed by atoms with Crippen molar-refractivity contribution in [2.45, 2.75) is 13.5 Å². The van der Waals surface area contributed by atoms with Crippen LogP contribution < -0.4 is 0 Å². The van der Waals surface area contributed by atoms with Gasteiger partial charge in [0.1, 0.15) is 6.54 Å². The number of benzene rings is 1. The summed E-state index contributed by atoms with van der Waals surface area (Å²) >= 11 is 0. The Labute approximate surface area is 96.9 Å². The monoisotopic (exact) mass is 233 g/mol. The predicted octanol–water partition coefficient (Wildman–Crippen LogP) is 1.73. The fourth-order valence-corrected chi connectivity index (χ4v) is 1.95. The number of aliphatic carboxylic acids is 1. The summed E-state index contributed by atoms with van der Waals surface area (Å²) in [7, 11) is 0. The number of carboxylic acids is 2. The highest BCUT2D eigenvalue weighted by Gasteiger charge is 2.14. The third-order valence-electron chi connectivity index (χ3n) is 2.68. The lowest BCUT2D eigenvalue weighted by Crippen LogP contribution is -2.09. The first-order valence-electron chi connectivity index (χ1n) is 5.04. The fourth-order valence-electron chi connectivity index (χ4n) is 1.95. The Morgan fingerprint density at radius 3 is 2.59 bits per heavy atom. The Balaban J connectivity index is 2.71. The first kappa shape index (κ1) is 11.2. The molecule has 0 aliphatic carbocycles. The lowest BCUT2D eigenvalue weighted by Gasteiger charge is -2.04. The van der Waals surface area contributed by atoms with Gasteiger partial charge in [-0.05, 0) is 25.1 Å². The average molecular weight is 233 g/mol. The summed E-state index contributed by atoms with van der Waals surface area (Å²) in [5, 5.41) is 18.4. The van der Waals surface area contributed by atoms with Crippen LogP contribution in [-0.4, -0.2) is 26.7 Å². The molecule has 0 fully saturated rings. The smallest absolute Gasteiger partial charge is 0.336 e. The molecule has 88 valence electrons. The summed E-state index contributed by atoms with van der Waals surface area (Å²) < 4.78 is 1.59. The molecule has 0 aliphatic rings. The van der Waals surface area contributed by atoms with Crippen molar-refractivity contribution in [2.24, 2.45) is 0 Å². The second-order valence-corrected chi connectivity index (χ2v) is 3.81. The zero-order chi connectivity index (χ0) is 12.6. The Hall–Kier alpha value is -2.30. The molecular formula is C12H11NO4. The number of hydrogen-bond donors (Lipinski definition) is 2. The molecule has 1 aromatic heterocycles. The van der Waals surface area contributed by atoms with E-state index in [1.54, 1.807) is 29.7 Å². The van der Waals surface area contributed by atoms with Gasteiger partial charge in [0.2, 0.25) is 0 Å². The second-order valence-electron chi connectivity index (χ2n) is 3.81. The first-order chi connectivity index (χ1) is 8.00. The van der Waals surface area contributed by atoms with Crippen LogP contribution in [0.25, 0.3) is 10.9 Å². The van der Waals surface area contributed by atoms with E-state index < -0.39 is 11.9 Å². The maximum absolute atomic E-state index is 11.0. The lowest BCUT2D eigenvalue weighted by atomic mass is 10.1. The van der Waals surface area contributed by atoms with Crippen LogP contribution in [0.3, 0.4) is 0 Å². The molecule has 17 heavy (non-hydrogen) atoms. The number of carbonyl (C=O) groups is 2. The molecule has 0 unspecified atom stereocenters. The summed E-state index contributed by atoms with van der Waals surface area (Å²) in [6.45, 7) is 1.59. The van der Waals surface area contributed by atoms with Crippen molar-refractivity contribution in [3.8, 4) is 0 Å². The van der Waals surface area contributed by atoms with Crippen molar-refractivity contribution in [1.82, 2.24) is 4.57 Å². The Kier molecular flexibility index (Phi) is 2.59. The van der Waals surface area contributed by atoms with Gasteiger partial charge in [0.15, 0.2) is 0 Å². The summed E-state index contributed by atoms with van der Waals surface area (Å²) in [4.78, 5) is 21.8. The standard InChI is InChI=1S/C12H11NO4/c1-7-5-9-8(12(16)17)3-2-4-10(9)13(7)6-11(14)15/h2-5H,6H2,1H3,(H,14,15)(H,16,17). The highest BCUT2D eigenvalue weighted by atomic mass is 16.4. The first-order valence-corrected chi connectivity index (χ1v) is 5.04. The zero-order valence-electron chi connectivity index (χ0n) is 9.17. The minimum Gasteiger partial charge on any atom is -0.480 e. The Morgan fingerprint density at radius 1 is 1.29 bits per heavy atom. The SMILES string of the molecule is Cc1cc2c(C(=O)O)cccc2n1CC(=O)O.